The maximum absolute atomic E-state index is 11.6. The predicted octanol–water partition coefficient (Wildman–Crippen LogP) is 3.95. The lowest BCUT2D eigenvalue weighted by atomic mass is 10.3. The Balaban J connectivity index is 1.70. The van der Waals surface area contributed by atoms with E-state index >= 15 is 0 Å². The SMILES string of the molecule is COc1ccc2nc(Nc3ncnc(Nc4nccs4)c3[N+](=O)[O-])sc2c1. The van der Waals surface area contributed by atoms with E-state index in [2.05, 4.69) is 30.6 Å². The average Bonchev–Trinajstić information content (AvgIpc) is 3.30. The van der Waals surface area contributed by atoms with Crippen LogP contribution < -0.4 is 15.4 Å². The van der Waals surface area contributed by atoms with Gasteiger partial charge in [0.05, 0.1) is 22.2 Å². The van der Waals surface area contributed by atoms with Gasteiger partial charge in [0.1, 0.15) is 12.1 Å². The van der Waals surface area contributed by atoms with Gasteiger partial charge in [-0.25, -0.2) is 19.9 Å². The third-order valence-electron chi connectivity index (χ3n) is 3.48. The van der Waals surface area contributed by atoms with E-state index in [9.17, 15) is 10.1 Å². The number of thiazole rings is 2. The normalized spacial score (nSPS) is 10.7. The summed E-state index contributed by atoms with van der Waals surface area (Å²) >= 11 is 2.64. The van der Waals surface area contributed by atoms with Crippen molar-refractivity contribution in [3.63, 3.8) is 0 Å². The number of hydrogen-bond donors (Lipinski definition) is 2. The molecule has 3 aromatic heterocycles. The molecule has 0 fully saturated rings. The molecule has 2 N–H and O–H groups in total. The van der Waals surface area contributed by atoms with Gasteiger partial charge in [0.25, 0.3) is 0 Å². The topological polar surface area (TPSA) is 128 Å². The first-order chi connectivity index (χ1) is 13.1. The van der Waals surface area contributed by atoms with E-state index in [-0.39, 0.29) is 17.3 Å². The molecular formula is C15H11N7O3S2. The molecule has 4 rings (SSSR count). The highest BCUT2D eigenvalue weighted by molar-refractivity contribution is 7.22. The Morgan fingerprint density at radius 2 is 1.93 bits per heavy atom. The summed E-state index contributed by atoms with van der Waals surface area (Å²) in [5.41, 5.74) is 0.464. The molecule has 0 aliphatic rings. The molecular weight excluding hydrogens is 390 g/mol. The van der Waals surface area contributed by atoms with Gasteiger partial charge in [-0.15, -0.1) is 11.3 Å². The van der Waals surface area contributed by atoms with Gasteiger partial charge in [-0.3, -0.25) is 10.1 Å². The molecule has 0 atom stereocenters. The first-order valence-electron chi connectivity index (χ1n) is 7.51. The quantitative estimate of drug-likeness (QED) is 0.364. The van der Waals surface area contributed by atoms with Gasteiger partial charge >= 0.3 is 5.69 Å². The minimum absolute atomic E-state index is 0.0417. The number of nitrogens with one attached hydrogen (secondary N) is 2. The standard InChI is InChI=1S/C15H11N7O3S2/c1-25-8-2-3-9-10(6-8)27-15(19-9)21-13-11(22(23)24)12(17-7-18-13)20-14-16-4-5-26-14/h2-7H,1H3,(H2,16,17,18,19,20,21). The van der Waals surface area contributed by atoms with Crippen molar-refractivity contribution in [3.05, 3.63) is 46.2 Å². The largest absolute Gasteiger partial charge is 0.497 e. The molecule has 12 heteroatoms. The minimum Gasteiger partial charge on any atom is -0.497 e. The Morgan fingerprint density at radius 3 is 2.59 bits per heavy atom. The molecule has 0 saturated carbocycles. The van der Waals surface area contributed by atoms with Crippen molar-refractivity contribution < 1.29 is 9.66 Å². The number of hydrogen-bond acceptors (Lipinski definition) is 11. The fourth-order valence-electron chi connectivity index (χ4n) is 2.31. The van der Waals surface area contributed by atoms with Crippen molar-refractivity contribution in [1.29, 1.82) is 0 Å². The van der Waals surface area contributed by atoms with Crippen LogP contribution in [0, 0.1) is 10.1 Å². The van der Waals surface area contributed by atoms with Gasteiger partial charge in [0.2, 0.25) is 11.6 Å². The minimum atomic E-state index is -0.547. The summed E-state index contributed by atoms with van der Waals surface area (Å²) in [6, 6.07) is 5.47. The fraction of sp³-hybridized carbons (Fsp3) is 0.0667. The zero-order valence-electron chi connectivity index (χ0n) is 13.7. The monoisotopic (exact) mass is 401 g/mol. The first-order valence-corrected chi connectivity index (χ1v) is 9.21. The second-order valence-corrected chi connectivity index (χ2v) is 7.04. The summed E-state index contributed by atoms with van der Waals surface area (Å²) < 4.78 is 6.09. The van der Waals surface area contributed by atoms with E-state index in [0.717, 1.165) is 10.2 Å². The summed E-state index contributed by atoms with van der Waals surface area (Å²) in [6.07, 6.45) is 2.83. The Bertz CT molecular complexity index is 1110. The molecule has 0 aliphatic heterocycles. The summed E-state index contributed by atoms with van der Waals surface area (Å²) in [5, 5.41) is 20.1. The number of benzene rings is 1. The van der Waals surface area contributed by atoms with Crippen molar-refractivity contribution in [2.24, 2.45) is 0 Å². The number of rotatable bonds is 6. The summed E-state index contributed by atoms with van der Waals surface area (Å²) in [4.78, 5) is 27.5. The van der Waals surface area contributed by atoms with Gasteiger partial charge in [-0.05, 0) is 18.2 Å². The van der Waals surface area contributed by atoms with Crippen LogP contribution in [0.3, 0.4) is 0 Å². The van der Waals surface area contributed by atoms with Crippen molar-refractivity contribution >= 4 is 60.5 Å². The Kier molecular flexibility index (Phi) is 4.48. The lowest BCUT2D eigenvalue weighted by Crippen LogP contribution is -2.05. The third kappa shape index (κ3) is 3.47. The van der Waals surface area contributed by atoms with E-state index in [1.54, 1.807) is 24.8 Å². The van der Waals surface area contributed by atoms with Gasteiger partial charge in [-0.1, -0.05) is 11.3 Å². The van der Waals surface area contributed by atoms with Crippen LogP contribution in [-0.2, 0) is 0 Å². The molecule has 4 aromatic rings. The first kappa shape index (κ1) is 17.1. The molecule has 0 radical (unpaired) electrons. The van der Waals surface area contributed by atoms with E-state index in [1.807, 2.05) is 12.1 Å². The number of anilines is 4. The molecule has 27 heavy (non-hydrogen) atoms. The zero-order valence-corrected chi connectivity index (χ0v) is 15.4. The van der Waals surface area contributed by atoms with Gasteiger partial charge in [0, 0.05) is 11.6 Å². The third-order valence-corrected chi connectivity index (χ3v) is 5.11. The average molecular weight is 401 g/mol. The number of ether oxygens (including phenoxy) is 1. The fourth-order valence-corrected chi connectivity index (χ4v) is 3.73. The number of aromatic nitrogens is 4. The lowest BCUT2D eigenvalue weighted by molar-refractivity contribution is -0.383. The van der Waals surface area contributed by atoms with Crippen LogP contribution in [-0.4, -0.2) is 32.0 Å². The Labute approximate surface area is 160 Å². The van der Waals surface area contributed by atoms with E-state index in [1.165, 1.54) is 29.0 Å². The number of methoxy groups -OCH3 is 1. The van der Waals surface area contributed by atoms with Crippen LogP contribution in [0.4, 0.5) is 27.6 Å². The van der Waals surface area contributed by atoms with Crippen LogP contribution in [0.15, 0.2) is 36.1 Å². The summed E-state index contributed by atoms with van der Waals surface area (Å²) in [5.74, 6) is 0.802. The van der Waals surface area contributed by atoms with E-state index < -0.39 is 4.92 Å². The molecule has 0 bridgehead atoms. The van der Waals surface area contributed by atoms with Crippen LogP contribution in [0.1, 0.15) is 0 Å². The number of nitrogens with zero attached hydrogens (tertiary/aromatic N) is 5. The predicted molar refractivity (Wildman–Crippen MR) is 104 cm³/mol. The smallest absolute Gasteiger partial charge is 0.354 e. The molecule has 0 aliphatic carbocycles. The summed E-state index contributed by atoms with van der Waals surface area (Å²) in [7, 11) is 1.59. The maximum atomic E-state index is 11.6. The van der Waals surface area contributed by atoms with E-state index in [4.69, 9.17) is 4.74 Å². The van der Waals surface area contributed by atoms with Gasteiger partial charge < -0.3 is 15.4 Å². The zero-order chi connectivity index (χ0) is 18.8. The number of nitro groups is 1. The second kappa shape index (κ2) is 7.09. The van der Waals surface area contributed by atoms with Crippen LogP contribution in [0.2, 0.25) is 0 Å². The molecule has 0 unspecified atom stereocenters. The molecule has 0 spiro atoms. The number of fused-ring (bicyclic) bond motifs is 1. The lowest BCUT2D eigenvalue weighted by Gasteiger charge is -2.06. The Morgan fingerprint density at radius 1 is 1.15 bits per heavy atom. The van der Waals surface area contributed by atoms with Gasteiger partial charge in [-0.2, -0.15) is 0 Å². The Hall–Kier alpha value is -3.38. The molecule has 1 aromatic carbocycles. The molecule has 3 heterocycles. The molecule has 0 saturated heterocycles. The molecule has 10 nitrogen and oxygen atoms in total. The highest BCUT2D eigenvalue weighted by Gasteiger charge is 2.24. The van der Waals surface area contributed by atoms with E-state index in [0.29, 0.717) is 16.0 Å². The van der Waals surface area contributed by atoms with Crippen molar-refractivity contribution in [2.75, 3.05) is 17.7 Å². The van der Waals surface area contributed by atoms with Crippen LogP contribution in [0.5, 0.6) is 5.75 Å². The van der Waals surface area contributed by atoms with Gasteiger partial charge in [0.15, 0.2) is 10.3 Å². The summed E-state index contributed by atoms with van der Waals surface area (Å²) in [6.45, 7) is 0. The van der Waals surface area contributed by atoms with Crippen molar-refractivity contribution in [3.8, 4) is 5.75 Å². The molecule has 0 amide bonds. The highest BCUT2D eigenvalue weighted by Crippen LogP contribution is 2.36. The van der Waals surface area contributed by atoms with Crippen molar-refractivity contribution in [1.82, 2.24) is 19.9 Å². The highest BCUT2D eigenvalue weighted by atomic mass is 32.1. The second-order valence-electron chi connectivity index (χ2n) is 5.12. The molecule has 136 valence electrons. The van der Waals surface area contributed by atoms with Crippen molar-refractivity contribution in [2.45, 2.75) is 0 Å². The van der Waals surface area contributed by atoms with Crippen LogP contribution in [0.25, 0.3) is 10.2 Å². The maximum Gasteiger partial charge on any atom is 0.354 e. The van der Waals surface area contributed by atoms with Crippen LogP contribution >= 0.6 is 22.7 Å².